The van der Waals surface area contributed by atoms with Crippen LogP contribution in [-0.2, 0) is 6.61 Å². The van der Waals surface area contributed by atoms with E-state index >= 15 is 0 Å². The second-order valence-corrected chi connectivity index (χ2v) is 8.12. The number of hydrogen-bond donors (Lipinski definition) is 1. The van der Waals surface area contributed by atoms with Crippen molar-refractivity contribution in [2.24, 2.45) is 0 Å². The van der Waals surface area contributed by atoms with Crippen LogP contribution in [0.15, 0.2) is 79.1 Å². The maximum atomic E-state index is 12.6. The van der Waals surface area contributed by atoms with Gasteiger partial charge in [-0.25, -0.2) is 4.98 Å². The lowest BCUT2D eigenvalue weighted by atomic mass is 10.1. The zero-order valence-corrected chi connectivity index (χ0v) is 18.7. The molecule has 32 heavy (non-hydrogen) atoms. The molecule has 1 atom stereocenters. The van der Waals surface area contributed by atoms with Gasteiger partial charge in [-0.2, -0.15) is 0 Å². The van der Waals surface area contributed by atoms with Gasteiger partial charge in [0.2, 0.25) is 0 Å². The summed E-state index contributed by atoms with van der Waals surface area (Å²) < 4.78 is 7.86. The lowest BCUT2D eigenvalue weighted by molar-refractivity contribution is 0.0942. The summed E-state index contributed by atoms with van der Waals surface area (Å²) in [6.07, 6.45) is 4.01. The standard InChI is InChI=1S/C26H28N4O2/c1-19-9-14-25-28-22(17-30(25)16-19)18-32-23-12-10-21(11-13-23)26(31)27-15-24(29(2)3)20-7-5-4-6-8-20/h4-14,16-17,24H,15,18H2,1-3H3,(H,27,31)/t24-/m0/s1. The number of hydrogen-bond acceptors (Lipinski definition) is 4. The van der Waals surface area contributed by atoms with E-state index in [-0.39, 0.29) is 11.9 Å². The predicted molar refractivity (Wildman–Crippen MR) is 126 cm³/mol. The number of ether oxygens (including phenoxy) is 1. The molecule has 4 rings (SSSR count). The van der Waals surface area contributed by atoms with Gasteiger partial charge in [-0.15, -0.1) is 0 Å². The maximum absolute atomic E-state index is 12.6. The Morgan fingerprint density at radius 1 is 1.03 bits per heavy atom. The monoisotopic (exact) mass is 428 g/mol. The molecule has 4 aromatic rings. The van der Waals surface area contributed by atoms with Gasteiger partial charge in [-0.3, -0.25) is 4.79 Å². The molecule has 6 heteroatoms. The van der Waals surface area contributed by atoms with Gasteiger partial charge in [-0.1, -0.05) is 36.4 Å². The smallest absolute Gasteiger partial charge is 0.251 e. The average Bonchev–Trinajstić information content (AvgIpc) is 3.20. The lowest BCUT2D eigenvalue weighted by Gasteiger charge is -2.25. The minimum absolute atomic E-state index is 0.102. The number of aryl methyl sites for hydroxylation is 1. The Labute approximate surface area is 188 Å². The van der Waals surface area contributed by atoms with Crippen molar-refractivity contribution in [3.8, 4) is 5.75 Å². The van der Waals surface area contributed by atoms with E-state index < -0.39 is 0 Å². The van der Waals surface area contributed by atoms with E-state index in [0.717, 1.165) is 11.3 Å². The number of carbonyl (C=O) groups excluding carboxylic acids is 1. The summed E-state index contributed by atoms with van der Waals surface area (Å²) in [5.41, 5.74) is 4.70. The van der Waals surface area contributed by atoms with E-state index in [1.807, 2.05) is 73.4 Å². The molecule has 0 bridgehead atoms. The highest BCUT2D eigenvalue weighted by molar-refractivity contribution is 5.94. The summed E-state index contributed by atoms with van der Waals surface area (Å²) in [6, 6.07) is 21.5. The molecule has 0 aliphatic rings. The summed E-state index contributed by atoms with van der Waals surface area (Å²) in [7, 11) is 4.03. The van der Waals surface area contributed by atoms with Crippen LogP contribution in [0.1, 0.15) is 33.2 Å². The van der Waals surface area contributed by atoms with Gasteiger partial charge < -0.3 is 19.4 Å². The van der Waals surface area contributed by atoms with Crippen molar-refractivity contribution in [2.45, 2.75) is 19.6 Å². The molecule has 0 saturated heterocycles. The highest BCUT2D eigenvalue weighted by Gasteiger charge is 2.15. The number of rotatable bonds is 8. The van der Waals surface area contributed by atoms with Crippen LogP contribution in [0.3, 0.4) is 0 Å². The molecule has 6 nitrogen and oxygen atoms in total. The first kappa shape index (κ1) is 21.6. The number of imidazole rings is 1. The average molecular weight is 429 g/mol. The molecule has 2 aromatic heterocycles. The summed E-state index contributed by atoms with van der Waals surface area (Å²) in [5.74, 6) is 0.597. The summed E-state index contributed by atoms with van der Waals surface area (Å²) in [6.45, 7) is 2.95. The number of nitrogens with one attached hydrogen (secondary N) is 1. The van der Waals surface area contributed by atoms with Crippen LogP contribution in [0.2, 0.25) is 0 Å². The maximum Gasteiger partial charge on any atom is 0.251 e. The van der Waals surface area contributed by atoms with Crippen LogP contribution in [0, 0.1) is 6.92 Å². The minimum atomic E-state index is -0.102. The number of amides is 1. The number of carbonyl (C=O) groups is 1. The van der Waals surface area contributed by atoms with Gasteiger partial charge in [0, 0.05) is 24.5 Å². The molecule has 0 aliphatic carbocycles. The van der Waals surface area contributed by atoms with Crippen molar-refractivity contribution < 1.29 is 9.53 Å². The molecule has 0 unspecified atom stereocenters. The van der Waals surface area contributed by atoms with Crippen molar-refractivity contribution in [3.05, 3.63) is 102 Å². The number of aromatic nitrogens is 2. The number of likely N-dealkylation sites (N-methyl/N-ethyl adjacent to an activating group) is 1. The van der Waals surface area contributed by atoms with Crippen LogP contribution < -0.4 is 10.1 Å². The van der Waals surface area contributed by atoms with Crippen molar-refractivity contribution in [1.29, 1.82) is 0 Å². The van der Waals surface area contributed by atoms with Crippen molar-refractivity contribution in [1.82, 2.24) is 19.6 Å². The first-order valence-electron chi connectivity index (χ1n) is 10.7. The normalized spacial score (nSPS) is 12.1. The number of fused-ring (bicyclic) bond motifs is 1. The van der Waals surface area contributed by atoms with Crippen LogP contribution in [0.25, 0.3) is 5.65 Å². The lowest BCUT2D eigenvalue weighted by Crippen LogP contribution is -2.34. The molecule has 0 fully saturated rings. The fourth-order valence-electron chi connectivity index (χ4n) is 3.65. The Balaban J connectivity index is 1.33. The molecule has 0 spiro atoms. The van der Waals surface area contributed by atoms with E-state index in [2.05, 4.69) is 34.3 Å². The molecule has 0 saturated carbocycles. The van der Waals surface area contributed by atoms with Crippen LogP contribution >= 0.6 is 0 Å². The van der Waals surface area contributed by atoms with Crippen LogP contribution in [-0.4, -0.2) is 40.8 Å². The van der Waals surface area contributed by atoms with E-state index in [4.69, 9.17) is 4.74 Å². The highest BCUT2D eigenvalue weighted by Crippen LogP contribution is 2.18. The third-order valence-corrected chi connectivity index (χ3v) is 5.42. The summed E-state index contributed by atoms with van der Waals surface area (Å²) in [5, 5.41) is 3.04. The Hall–Kier alpha value is -3.64. The Bertz CT molecular complexity index is 1180. The summed E-state index contributed by atoms with van der Waals surface area (Å²) in [4.78, 5) is 19.3. The first-order chi connectivity index (χ1) is 15.5. The number of pyridine rings is 1. The highest BCUT2D eigenvalue weighted by atomic mass is 16.5. The Morgan fingerprint density at radius 3 is 2.50 bits per heavy atom. The largest absolute Gasteiger partial charge is 0.487 e. The predicted octanol–water partition coefficient (Wildman–Crippen LogP) is 4.25. The van der Waals surface area contributed by atoms with Gasteiger partial charge in [0.25, 0.3) is 5.91 Å². The molecule has 164 valence electrons. The molecule has 2 aromatic carbocycles. The van der Waals surface area contributed by atoms with Crippen molar-refractivity contribution >= 4 is 11.6 Å². The molecular weight excluding hydrogens is 400 g/mol. The van der Waals surface area contributed by atoms with E-state index in [0.29, 0.717) is 24.5 Å². The fraction of sp³-hybridized carbons (Fsp3) is 0.231. The van der Waals surface area contributed by atoms with Crippen LogP contribution in [0.5, 0.6) is 5.75 Å². The molecule has 0 aliphatic heterocycles. The van der Waals surface area contributed by atoms with Gasteiger partial charge in [-0.05, 0) is 62.5 Å². The van der Waals surface area contributed by atoms with Crippen LogP contribution in [0.4, 0.5) is 0 Å². The van der Waals surface area contributed by atoms with Gasteiger partial charge >= 0.3 is 0 Å². The van der Waals surface area contributed by atoms with Gasteiger partial charge in [0.15, 0.2) is 0 Å². The quantitative estimate of drug-likeness (QED) is 0.456. The molecule has 2 heterocycles. The molecular formula is C26H28N4O2. The van der Waals surface area contributed by atoms with Gasteiger partial charge in [0.1, 0.15) is 18.0 Å². The van der Waals surface area contributed by atoms with E-state index in [9.17, 15) is 4.79 Å². The van der Waals surface area contributed by atoms with Gasteiger partial charge in [0.05, 0.1) is 11.7 Å². The van der Waals surface area contributed by atoms with E-state index in [1.165, 1.54) is 11.1 Å². The van der Waals surface area contributed by atoms with E-state index in [1.54, 1.807) is 12.1 Å². The number of nitrogens with zero attached hydrogens (tertiary/aromatic N) is 3. The van der Waals surface area contributed by atoms with Crippen molar-refractivity contribution in [3.63, 3.8) is 0 Å². The minimum Gasteiger partial charge on any atom is -0.487 e. The summed E-state index contributed by atoms with van der Waals surface area (Å²) >= 11 is 0. The molecule has 0 radical (unpaired) electrons. The Kier molecular flexibility index (Phi) is 6.52. The zero-order valence-electron chi connectivity index (χ0n) is 18.7. The van der Waals surface area contributed by atoms with Crippen molar-refractivity contribution in [2.75, 3.05) is 20.6 Å². The SMILES string of the molecule is Cc1ccc2nc(COc3ccc(C(=O)NC[C@@H](c4ccccc4)N(C)C)cc3)cn2c1. The second kappa shape index (κ2) is 9.66. The zero-order chi connectivity index (χ0) is 22.5. The second-order valence-electron chi connectivity index (χ2n) is 8.12. The third kappa shape index (κ3) is 5.15. The number of benzene rings is 2. The topological polar surface area (TPSA) is 58.9 Å². The molecule has 1 amide bonds. The Morgan fingerprint density at radius 2 is 1.78 bits per heavy atom. The third-order valence-electron chi connectivity index (χ3n) is 5.42. The first-order valence-corrected chi connectivity index (χ1v) is 10.7. The fourth-order valence-corrected chi connectivity index (χ4v) is 3.65. The molecule has 1 N–H and O–H groups in total.